The smallest absolute Gasteiger partial charge is 0.224 e. The molecule has 1 amide bonds. The van der Waals surface area contributed by atoms with E-state index >= 15 is 0 Å². The SMILES string of the molecule is COCCCCCNC(=O)[C@@H]1CCCNC1. The summed E-state index contributed by atoms with van der Waals surface area (Å²) >= 11 is 0. The van der Waals surface area contributed by atoms with Gasteiger partial charge in [0.05, 0.1) is 5.92 Å². The third-order valence-electron chi connectivity index (χ3n) is 2.99. The van der Waals surface area contributed by atoms with Crippen molar-refractivity contribution >= 4 is 5.91 Å². The number of hydrogen-bond acceptors (Lipinski definition) is 3. The van der Waals surface area contributed by atoms with Crippen molar-refractivity contribution in [3.8, 4) is 0 Å². The van der Waals surface area contributed by atoms with E-state index in [4.69, 9.17) is 4.74 Å². The number of ether oxygens (including phenoxy) is 1. The Morgan fingerprint density at radius 2 is 2.31 bits per heavy atom. The normalized spacial score (nSPS) is 20.7. The molecule has 0 radical (unpaired) electrons. The summed E-state index contributed by atoms with van der Waals surface area (Å²) in [5.74, 6) is 0.409. The first-order valence-electron chi connectivity index (χ1n) is 6.32. The van der Waals surface area contributed by atoms with Gasteiger partial charge in [-0.15, -0.1) is 0 Å². The van der Waals surface area contributed by atoms with Gasteiger partial charge in [0.1, 0.15) is 0 Å². The van der Waals surface area contributed by atoms with E-state index in [9.17, 15) is 4.79 Å². The zero-order valence-electron chi connectivity index (χ0n) is 10.3. The molecule has 94 valence electrons. The number of carbonyl (C=O) groups excluding carboxylic acids is 1. The molecule has 0 bridgehead atoms. The van der Waals surface area contributed by atoms with Crippen LogP contribution in [0.4, 0.5) is 0 Å². The summed E-state index contributed by atoms with van der Waals surface area (Å²) in [5.41, 5.74) is 0. The lowest BCUT2D eigenvalue weighted by molar-refractivity contribution is -0.125. The molecule has 1 atom stereocenters. The second kappa shape index (κ2) is 8.53. The van der Waals surface area contributed by atoms with E-state index in [-0.39, 0.29) is 11.8 Å². The van der Waals surface area contributed by atoms with Crippen molar-refractivity contribution in [1.29, 1.82) is 0 Å². The minimum absolute atomic E-state index is 0.188. The largest absolute Gasteiger partial charge is 0.385 e. The van der Waals surface area contributed by atoms with E-state index < -0.39 is 0 Å². The van der Waals surface area contributed by atoms with E-state index in [0.717, 1.165) is 58.3 Å². The number of hydrogen-bond donors (Lipinski definition) is 2. The van der Waals surface area contributed by atoms with Crippen LogP contribution in [0.25, 0.3) is 0 Å². The highest BCUT2D eigenvalue weighted by Crippen LogP contribution is 2.09. The number of carbonyl (C=O) groups is 1. The van der Waals surface area contributed by atoms with Crippen molar-refractivity contribution in [2.45, 2.75) is 32.1 Å². The molecule has 0 aromatic rings. The minimum atomic E-state index is 0.188. The molecule has 1 aliphatic heterocycles. The first-order chi connectivity index (χ1) is 7.84. The first-order valence-corrected chi connectivity index (χ1v) is 6.32. The molecule has 0 saturated carbocycles. The van der Waals surface area contributed by atoms with Crippen molar-refractivity contribution < 1.29 is 9.53 Å². The molecule has 1 fully saturated rings. The summed E-state index contributed by atoms with van der Waals surface area (Å²) in [5, 5.41) is 6.27. The third kappa shape index (κ3) is 5.47. The van der Waals surface area contributed by atoms with Crippen molar-refractivity contribution in [3.05, 3.63) is 0 Å². The van der Waals surface area contributed by atoms with Gasteiger partial charge in [-0.05, 0) is 38.6 Å². The van der Waals surface area contributed by atoms with Crippen LogP contribution in [0.3, 0.4) is 0 Å². The first kappa shape index (κ1) is 13.5. The molecule has 0 spiro atoms. The van der Waals surface area contributed by atoms with Gasteiger partial charge in [-0.2, -0.15) is 0 Å². The van der Waals surface area contributed by atoms with Crippen LogP contribution < -0.4 is 10.6 Å². The summed E-state index contributed by atoms with van der Waals surface area (Å²) in [6.07, 6.45) is 5.40. The summed E-state index contributed by atoms with van der Waals surface area (Å²) in [6, 6.07) is 0. The predicted octanol–water partition coefficient (Wildman–Crippen LogP) is 0.919. The summed E-state index contributed by atoms with van der Waals surface area (Å²) in [7, 11) is 1.72. The minimum Gasteiger partial charge on any atom is -0.385 e. The van der Waals surface area contributed by atoms with E-state index in [1.807, 2.05) is 0 Å². The van der Waals surface area contributed by atoms with Gasteiger partial charge in [0.25, 0.3) is 0 Å². The lowest BCUT2D eigenvalue weighted by atomic mass is 9.99. The van der Waals surface area contributed by atoms with Crippen LogP contribution in [0.15, 0.2) is 0 Å². The van der Waals surface area contributed by atoms with E-state index in [0.29, 0.717) is 0 Å². The second-order valence-electron chi connectivity index (χ2n) is 4.39. The zero-order chi connectivity index (χ0) is 11.6. The summed E-state index contributed by atoms with van der Waals surface area (Å²) in [4.78, 5) is 11.7. The van der Waals surface area contributed by atoms with Gasteiger partial charge in [0.2, 0.25) is 5.91 Å². The lowest BCUT2D eigenvalue weighted by Crippen LogP contribution is -2.40. The molecule has 0 aromatic carbocycles. The fourth-order valence-corrected chi connectivity index (χ4v) is 1.98. The van der Waals surface area contributed by atoms with Crippen molar-refractivity contribution in [1.82, 2.24) is 10.6 Å². The summed E-state index contributed by atoms with van der Waals surface area (Å²) in [6.45, 7) is 3.52. The molecule has 0 aromatic heterocycles. The highest BCUT2D eigenvalue weighted by Gasteiger charge is 2.19. The molecule has 0 aliphatic carbocycles. The van der Waals surface area contributed by atoms with Crippen LogP contribution in [0, 0.1) is 5.92 Å². The Morgan fingerprint density at radius 1 is 1.44 bits per heavy atom. The van der Waals surface area contributed by atoms with Crippen LogP contribution >= 0.6 is 0 Å². The second-order valence-corrected chi connectivity index (χ2v) is 4.39. The molecule has 1 aliphatic rings. The van der Waals surface area contributed by atoms with Crippen LogP contribution in [0.5, 0.6) is 0 Å². The van der Waals surface area contributed by atoms with Crippen LogP contribution in [0.1, 0.15) is 32.1 Å². The highest BCUT2D eigenvalue weighted by atomic mass is 16.5. The zero-order valence-corrected chi connectivity index (χ0v) is 10.3. The molecule has 4 nitrogen and oxygen atoms in total. The number of methoxy groups -OCH3 is 1. The Kier molecular flexibility index (Phi) is 7.17. The van der Waals surface area contributed by atoms with Gasteiger partial charge < -0.3 is 15.4 Å². The van der Waals surface area contributed by atoms with Crippen LogP contribution in [-0.2, 0) is 9.53 Å². The maximum absolute atomic E-state index is 11.7. The topological polar surface area (TPSA) is 50.4 Å². The molecular weight excluding hydrogens is 204 g/mol. The Morgan fingerprint density at radius 3 is 3.00 bits per heavy atom. The molecule has 4 heteroatoms. The van der Waals surface area contributed by atoms with Gasteiger partial charge >= 0.3 is 0 Å². The van der Waals surface area contributed by atoms with Crippen molar-refractivity contribution in [2.75, 3.05) is 33.4 Å². The van der Waals surface area contributed by atoms with E-state index in [2.05, 4.69) is 10.6 Å². The van der Waals surface area contributed by atoms with E-state index in [1.54, 1.807) is 7.11 Å². The highest BCUT2D eigenvalue weighted by molar-refractivity contribution is 5.78. The molecule has 0 unspecified atom stereocenters. The van der Waals surface area contributed by atoms with Gasteiger partial charge in [0, 0.05) is 26.8 Å². The molecule has 16 heavy (non-hydrogen) atoms. The Labute approximate surface area is 98.1 Å². The van der Waals surface area contributed by atoms with Gasteiger partial charge in [-0.25, -0.2) is 0 Å². The standard InChI is InChI=1S/C12H24N2O2/c1-16-9-4-2-3-8-14-12(15)11-6-5-7-13-10-11/h11,13H,2-10H2,1H3,(H,14,15)/t11-/m1/s1. The maximum Gasteiger partial charge on any atom is 0.224 e. The molecule has 2 N–H and O–H groups in total. The third-order valence-corrected chi connectivity index (χ3v) is 2.99. The lowest BCUT2D eigenvalue weighted by Gasteiger charge is -2.21. The number of nitrogens with one attached hydrogen (secondary N) is 2. The van der Waals surface area contributed by atoms with E-state index in [1.165, 1.54) is 0 Å². The van der Waals surface area contributed by atoms with Crippen LogP contribution in [0.2, 0.25) is 0 Å². The quantitative estimate of drug-likeness (QED) is 0.637. The fourth-order valence-electron chi connectivity index (χ4n) is 1.98. The predicted molar refractivity (Wildman–Crippen MR) is 64.3 cm³/mol. The summed E-state index contributed by atoms with van der Waals surface area (Å²) < 4.78 is 4.97. The average Bonchev–Trinajstić information content (AvgIpc) is 2.34. The number of piperidine rings is 1. The fraction of sp³-hybridized carbons (Fsp3) is 0.917. The monoisotopic (exact) mass is 228 g/mol. The number of rotatable bonds is 7. The Balaban J connectivity index is 1.97. The van der Waals surface area contributed by atoms with Crippen molar-refractivity contribution in [3.63, 3.8) is 0 Å². The van der Waals surface area contributed by atoms with Gasteiger partial charge in [0.15, 0.2) is 0 Å². The maximum atomic E-state index is 11.7. The Hall–Kier alpha value is -0.610. The average molecular weight is 228 g/mol. The van der Waals surface area contributed by atoms with Crippen LogP contribution in [-0.4, -0.2) is 39.3 Å². The number of unbranched alkanes of at least 4 members (excludes halogenated alkanes) is 2. The Bertz CT molecular complexity index is 191. The van der Waals surface area contributed by atoms with Gasteiger partial charge in [-0.1, -0.05) is 0 Å². The molecule has 1 heterocycles. The molecular formula is C12H24N2O2. The van der Waals surface area contributed by atoms with Gasteiger partial charge in [-0.3, -0.25) is 4.79 Å². The number of amides is 1. The molecule has 1 rings (SSSR count). The van der Waals surface area contributed by atoms with Crippen molar-refractivity contribution in [2.24, 2.45) is 5.92 Å². The molecule has 1 saturated heterocycles.